The molecule has 2 fully saturated rings. The SMILES string of the molecule is CC1=CC[C@H]2CC[C@@]3(O)C(C)O[C@@H](C1)[C@H]23. The molecule has 1 unspecified atom stereocenters. The summed E-state index contributed by atoms with van der Waals surface area (Å²) in [7, 11) is 0. The van der Waals surface area contributed by atoms with Crippen LogP contribution in [0.4, 0.5) is 0 Å². The van der Waals surface area contributed by atoms with Gasteiger partial charge in [-0.15, -0.1) is 0 Å². The molecule has 2 aliphatic carbocycles. The minimum absolute atomic E-state index is 0.0309. The van der Waals surface area contributed by atoms with E-state index in [1.54, 1.807) is 0 Å². The Morgan fingerprint density at radius 1 is 1.53 bits per heavy atom. The molecule has 0 spiro atoms. The molecule has 3 rings (SSSR count). The predicted molar refractivity (Wildman–Crippen MR) is 58.5 cm³/mol. The number of allylic oxidation sites excluding steroid dienone is 1. The highest BCUT2D eigenvalue weighted by molar-refractivity contribution is 5.16. The lowest BCUT2D eigenvalue weighted by molar-refractivity contribution is -0.0409. The van der Waals surface area contributed by atoms with Crippen molar-refractivity contribution in [3.8, 4) is 0 Å². The Morgan fingerprint density at radius 3 is 3.13 bits per heavy atom. The fourth-order valence-corrected chi connectivity index (χ4v) is 3.93. The Bertz CT molecular complexity index is 310. The molecule has 0 radical (unpaired) electrons. The van der Waals surface area contributed by atoms with Gasteiger partial charge in [0, 0.05) is 5.92 Å². The van der Waals surface area contributed by atoms with E-state index in [-0.39, 0.29) is 12.2 Å². The van der Waals surface area contributed by atoms with Gasteiger partial charge in [0.15, 0.2) is 0 Å². The molecule has 1 N–H and O–H groups in total. The Labute approximate surface area is 91.3 Å². The third-order valence-electron chi connectivity index (χ3n) is 4.78. The van der Waals surface area contributed by atoms with E-state index in [9.17, 15) is 5.11 Å². The summed E-state index contributed by atoms with van der Waals surface area (Å²) in [6.45, 7) is 4.22. The molecule has 2 heteroatoms. The van der Waals surface area contributed by atoms with Gasteiger partial charge in [-0.1, -0.05) is 11.6 Å². The van der Waals surface area contributed by atoms with Gasteiger partial charge in [0.05, 0.1) is 17.8 Å². The molecule has 0 aromatic rings. The predicted octanol–water partition coefficient (Wildman–Crippen LogP) is 2.27. The second-order valence-electron chi connectivity index (χ2n) is 5.62. The van der Waals surface area contributed by atoms with Crippen LogP contribution < -0.4 is 0 Å². The average molecular weight is 208 g/mol. The first kappa shape index (κ1) is 9.86. The van der Waals surface area contributed by atoms with Crippen LogP contribution in [0.5, 0.6) is 0 Å². The molecule has 1 saturated carbocycles. The van der Waals surface area contributed by atoms with Crippen LogP contribution in [0, 0.1) is 11.8 Å². The first-order valence-corrected chi connectivity index (χ1v) is 6.15. The van der Waals surface area contributed by atoms with Crippen LogP contribution in [-0.2, 0) is 4.74 Å². The summed E-state index contributed by atoms with van der Waals surface area (Å²) in [5, 5.41) is 10.7. The summed E-state index contributed by atoms with van der Waals surface area (Å²) in [5.41, 5.74) is 0.916. The molecule has 1 saturated heterocycles. The molecule has 3 aliphatic rings. The van der Waals surface area contributed by atoms with E-state index in [1.807, 2.05) is 6.92 Å². The smallest absolute Gasteiger partial charge is 0.0961 e. The maximum absolute atomic E-state index is 10.7. The zero-order valence-electron chi connectivity index (χ0n) is 9.57. The zero-order chi connectivity index (χ0) is 10.6. The van der Waals surface area contributed by atoms with Crippen molar-refractivity contribution in [2.75, 3.05) is 0 Å². The summed E-state index contributed by atoms with van der Waals surface area (Å²) in [4.78, 5) is 0. The van der Waals surface area contributed by atoms with Gasteiger partial charge in [-0.05, 0) is 45.4 Å². The molecule has 5 atom stereocenters. The minimum atomic E-state index is -0.520. The van der Waals surface area contributed by atoms with Crippen LogP contribution in [0.15, 0.2) is 11.6 Å². The largest absolute Gasteiger partial charge is 0.387 e. The fraction of sp³-hybridized carbons (Fsp3) is 0.846. The molecule has 0 aromatic heterocycles. The third kappa shape index (κ3) is 1.24. The second-order valence-corrected chi connectivity index (χ2v) is 5.62. The monoisotopic (exact) mass is 208 g/mol. The van der Waals surface area contributed by atoms with Crippen LogP contribution in [0.2, 0.25) is 0 Å². The van der Waals surface area contributed by atoms with Crippen molar-refractivity contribution in [2.24, 2.45) is 11.8 Å². The number of aliphatic hydroxyl groups is 1. The highest BCUT2D eigenvalue weighted by atomic mass is 16.5. The first-order chi connectivity index (χ1) is 7.11. The lowest BCUT2D eigenvalue weighted by Crippen LogP contribution is -2.40. The van der Waals surface area contributed by atoms with E-state index in [4.69, 9.17) is 4.74 Å². The summed E-state index contributed by atoms with van der Waals surface area (Å²) >= 11 is 0. The standard InChI is InChI=1S/C13H20O2/c1-8-3-4-10-5-6-13(14)9(2)15-11(7-8)12(10)13/h3,9-12,14H,4-7H2,1-2H3/t9?,10-,11-,12-,13+/m0/s1. The molecule has 0 bridgehead atoms. The molecule has 15 heavy (non-hydrogen) atoms. The Morgan fingerprint density at radius 2 is 2.33 bits per heavy atom. The van der Waals surface area contributed by atoms with Crippen LogP contribution in [0.1, 0.15) is 39.5 Å². The summed E-state index contributed by atoms with van der Waals surface area (Å²) < 4.78 is 5.96. The normalized spacial score (nSPS) is 53.7. The van der Waals surface area contributed by atoms with Crippen molar-refractivity contribution in [3.05, 3.63) is 11.6 Å². The quantitative estimate of drug-likeness (QED) is 0.619. The lowest BCUT2D eigenvalue weighted by atomic mass is 9.80. The van der Waals surface area contributed by atoms with Gasteiger partial charge in [-0.25, -0.2) is 0 Å². The minimum Gasteiger partial charge on any atom is -0.387 e. The molecule has 1 heterocycles. The van der Waals surface area contributed by atoms with E-state index in [0.717, 1.165) is 19.3 Å². The Kier molecular flexibility index (Phi) is 2.02. The average Bonchev–Trinajstić information content (AvgIpc) is 2.55. The van der Waals surface area contributed by atoms with Gasteiger partial charge < -0.3 is 9.84 Å². The Hall–Kier alpha value is -0.340. The highest BCUT2D eigenvalue weighted by Gasteiger charge is 2.59. The van der Waals surface area contributed by atoms with Gasteiger partial charge in [0.2, 0.25) is 0 Å². The van der Waals surface area contributed by atoms with Gasteiger partial charge in [0.1, 0.15) is 0 Å². The number of ether oxygens (including phenoxy) is 1. The van der Waals surface area contributed by atoms with Crippen molar-refractivity contribution >= 4 is 0 Å². The second kappa shape index (κ2) is 3.08. The van der Waals surface area contributed by atoms with Crippen molar-refractivity contribution in [3.63, 3.8) is 0 Å². The van der Waals surface area contributed by atoms with E-state index >= 15 is 0 Å². The zero-order valence-corrected chi connectivity index (χ0v) is 9.57. The summed E-state index contributed by atoms with van der Waals surface area (Å²) in [6.07, 6.45) is 6.93. The molecule has 0 amide bonds. The molecule has 0 aromatic carbocycles. The maximum Gasteiger partial charge on any atom is 0.0961 e. The Balaban J connectivity index is 1.97. The molecular formula is C13H20O2. The number of rotatable bonds is 0. The number of hydrogen-bond donors (Lipinski definition) is 1. The summed E-state index contributed by atoms with van der Waals surface area (Å²) in [6, 6.07) is 0. The van der Waals surface area contributed by atoms with E-state index in [2.05, 4.69) is 13.0 Å². The van der Waals surface area contributed by atoms with E-state index < -0.39 is 5.60 Å². The van der Waals surface area contributed by atoms with Crippen LogP contribution >= 0.6 is 0 Å². The fourth-order valence-electron chi connectivity index (χ4n) is 3.93. The van der Waals surface area contributed by atoms with Gasteiger partial charge in [-0.2, -0.15) is 0 Å². The van der Waals surface area contributed by atoms with Gasteiger partial charge in [0.25, 0.3) is 0 Å². The van der Waals surface area contributed by atoms with Crippen molar-refractivity contribution in [1.82, 2.24) is 0 Å². The summed E-state index contributed by atoms with van der Waals surface area (Å²) in [5.74, 6) is 1.04. The molecule has 1 aliphatic heterocycles. The van der Waals surface area contributed by atoms with Crippen molar-refractivity contribution in [1.29, 1.82) is 0 Å². The first-order valence-electron chi connectivity index (χ1n) is 6.15. The van der Waals surface area contributed by atoms with Gasteiger partial charge in [-0.3, -0.25) is 0 Å². The number of hydrogen-bond acceptors (Lipinski definition) is 2. The van der Waals surface area contributed by atoms with Crippen molar-refractivity contribution < 1.29 is 9.84 Å². The molecule has 2 nitrogen and oxygen atoms in total. The maximum atomic E-state index is 10.7. The van der Waals surface area contributed by atoms with Crippen LogP contribution in [0.3, 0.4) is 0 Å². The lowest BCUT2D eigenvalue weighted by Gasteiger charge is -2.27. The topological polar surface area (TPSA) is 29.5 Å². The highest BCUT2D eigenvalue weighted by Crippen LogP contribution is 2.54. The van der Waals surface area contributed by atoms with Gasteiger partial charge >= 0.3 is 0 Å². The van der Waals surface area contributed by atoms with Crippen molar-refractivity contribution in [2.45, 2.75) is 57.3 Å². The van der Waals surface area contributed by atoms with E-state index in [1.165, 1.54) is 12.0 Å². The van der Waals surface area contributed by atoms with Crippen LogP contribution in [0.25, 0.3) is 0 Å². The van der Waals surface area contributed by atoms with Crippen LogP contribution in [-0.4, -0.2) is 22.9 Å². The molecule has 84 valence electrons. The van der Waals surface area contributed by atoms with E-state index in [0.29, 0.717) is 11.8 Å². The molecular weight excluding hydrogens is 188 g/mol. The third-order valence-corrected chi connectivity index (χ3v) is 4.78.